The van der Waals surface area contributed by atoms with Crippen molar-refractivity contribution < 1.29 is 19.5 Å². The molecule has 0 aliphatic rings. The van der Waals surface area contributed by atoms with Crippen molar-refractivity contribution in [1.29, 1.82) is 0 Å². The molecule has 0 rings (SSSR count). The summed E-state index contributed by atoms with van der Waals surface area (Å²) in [5.74, 6) is 0. The summed E-state index contributed by atoms with van der Waals surface area (Å²) < 4.78 is 0. The molecule has 0 spiro atoms. The average molecular weight is 119 g/mol. The zero-order chi connectivity index (χ0) is 2.00. The number of hydrogen-bond donors (Lipinski definition) is 0. The van der Waals surface area contributed by atoms with Crippen LogP contribution < -0.4 is 0 Å². The Kier molecular flexibility index (Phi) is 114. The molecule has 0 radical (unpaired) electrons. The molecule has 0 saturated carbocycles. The third-order valence-corrected chi connectivity index (χ3v) is 0. The maximum atomic E-state index is 2.14. The average Bonchev–Trinajstić information content (AvgIpc) is 1.00. The largest absolute Gasteiger partial charge is 0 e. The quantitative estimate of drug-likeness (QED) is 0.350. The van der Waals surface area contributed by atoms with E-state index in [1.807, 2.05) is 0 Å². The van der Waals surface area contributed by atoms with E-state index in [1.165, 1.54) is 10.2 Å². The Morgan fingerprint density at radius 2 is 1.25 bits per heavy atom. The first-order valence-corrected chi connectivity index (χ1v) is 3.00. The smallest absolute Gasteiger partial charge is 0 e. The topological polar surface area (TPSA) is 0 Å². The third-order valence-electron chi connectivity index (χ3n) is 0. The zero-order valence-corrected chi connectivity index (χ0v) is 7.67. The van der Waals surface area contributed by atoms with E-state index in [1.54, 1.807) is 0 Å². The molecule has 0 heterocycles. The maximum absolute atomic E-state index is 2.14. The molecular formula is CH7LiSiZn. The molecule has 18 valence electrons. The molecule has 0 bridgehead atoms. The molecule has 0 aliphatic heterocycles. The SMILES string of the molecule is C[SiH3].[LiH].[Zn]. The van der Waals surface area contributed by atoms with Crippen LogP contribution in [0.1, 0.15) is 0 Å². The molecule has 0 aromatic heterocycles. The van der Waals surface area contributed by atoms with E-state index in [2.05, 4.69) is 6.55 Å². The van der Waals surface area contributed by atoms with Crippen molar-refractivity contribution in [3.63, 3.8) is 0 Å². The Labute approximate surface area is 55.1 Å². The van der Waals surface area contributed by atoms with Crippen molar-refractivity contribution in [3.8, 4) is 0 Å². The summed E-state index contributed by atoms with van der Waals surface area (Å²) in [5, 5.41) is 0. The van der Waals surface area contributed by atoms with E-state index in [0.29, 0.717) is 0 Å². The van der Waals surface area contributed by atoms with Gasteiger partial charge in [-0.05, 0) is 10.2 Å². The van der Waals surface area contributed by atoms with Gasteiger partial charge >= 0.3 is 18.9 Å². The molecule has 0 N–H and O–H groups in total. The van der Waals surface area contributed by atoms with E-state index in [9.17, 15) is 0 Å². The monoisotopic (exact) mass is 118 g/mol. The van der Waals surface area contributed by atoms with Gasteiger partial charge in [-0.2, -0.15) is 0 Å². The molecule has 0 aromatic carbocycles. The van der Waals surface area contributed by atoms with Crippen LogP contribution in [0.3, 0.4) is 0 Å². The van der Waals surface area contributed by atoms with Gasteiger partial charge in [0, 0.05) is 19.5 Å². The van der Waals surface area contributed by atoms with Crippen molar-refractivity contribution in [2.75, 3.05) is 0 Å². The summed E-state index contributed by atoms with van der Waals surface area (Å²) in [5.41, 5.74) is 0. The van der Waals surface area contributed by atoms with Crippen LogP contribution >= 0.6 is 0 Å². The fourth-order valence-electron chi connectivity index (χ4n) is 0. The Hall–Kier alpha value is 1.44. The fraction of sp³-hybridized carbons (Fsp3) is 1.00. The van der Waals surface area contributed by atoms with Gasteiger partial charge in [0.25, 0.3) is 0 Å². The summed E-state index contributed by atoms with van der Waals surface area (Å²) in [4.78, 5) is 0. The summed E-state index contributed by atoms with van der Waals surface area (Å²) in [7, 11) is 1.31. The minimum absolute atomic E-state index is 0. The maximum Gasteiger partial charge on any atom is 0 e. The van der Waals surface area contributed by atoms with Crippen LogP contribution in [0.15, 0.2) is 0 Å². The molecular weight excluding hydrogens is 112 g/mol. The molecule has 0 nitrogen and oxygen atoms in total. The molecule has 0 amide bonds. The van der Waals surface area contributed by atoms with Crippen LogP contribution in [-0.4, -0.2) is 29.1 Å². The molecule has 0 aliphatic carbocycles. The first-order valence-electron chi connectivity index (χ1n) is 1.00. The Bertz CT molecular complexity index is 8.00. The van der Waals surface area contributed by atoms with E-state index in [-0.39, 0.29) is 38.3 Å². The predicted molar refractivity (Wildman–Crippen MR) is 23.0 cm³/mol. The van der Waals surface area contributed by atoms with E-state index in [4.69, 9.17) is 0 Å². The predicted octanol–water partition coefficient (Wildman–Crippen LogP) is -1.25. The Morgan fingerprint density at radius 3 is 1.25 bits per heavy atom. The van der Waals surface area contributed by atoms with Crippen LogP contribution in [0, 0.1) is 0 Å². The van der Waals surface area contributed by atoms with Gasteiger partial charge in [-0.3, -0.25) is 0 Å². The first kappa shape index (κ1) is 18.0. The molecule has 3 heteroatoms. The van der Waals surface area contributed by atoms with Crippen molar-refractivity contribution in [2.45, 2.75) is 6.55 Å². The number of hydrogen-bond acceptors (Lipinski definition) is 0. The summed E-state index contributed by atoms with van der Waals surface area (Å²) >= 11 is 0. The van der Waals surface area contributed by atoms with Crippen LogP contribution in [0.4, 0.5) is 0 Å². The van der Waals surface area contributed by atoms with Crippen LogP contribution in [-0.2, 0) is 19.5 Å². The van der Waals surface area contributed by atoms with Gasteiger partial charge in [0.1, 0.15) is 0 Å². The van der Waals surface area contributed by atoms with Crippen molar-refractivity contribution in [3.05, 3.63) is 0 Å². The van der Waals surface area contributed by atoms with E-state index >= 15 is 0 Å². The molecule has 4 heavy (non-hydrogen) atoms. The Morgan fingerprint density at radius 1 is 1.25 bits per heavy atom. The van der Waals surface area contributed by atoms with Crippen LogP contribution in [0.2, 0.25) is 6.55 Å². The fourth-order valence-corrected chi connectivity index (χ4v) is 0. The normalized spacial score (nSPS) is 2.25. The second-order valence-electron chi connectivity index (χ2n) is 0. The second-order valence-corrected chi connectivity index (χ2v) is 0. The molecule has 0 aromatic rings. The summed E-state index contributed by atoms with van der Waals surface area (Å²) in [6.45, 7) is 2.14. The van der Waals surface area contributed by atoms with Crippen molar-refractivity contribution in [2.24, 2.45) is 0 Å². The summed E-state index contributed by atoms with van der Waals surface area (Å²) in [6, 6.07) is 0. The minimum atomic E-state index is 0. The van der Waals surface area contributed by atoms with Crippen molar-refractivity contribution in [1.82, 2.24) is 0 Å². The van der Waals surface area contributed by atoms with Gasteiger partial charge in [-0.15, -0.1) is 0 Å². The van der Waals surface area contributed by atoms with Crippen LogP contribution in [0.25, 0.3) is 0 Å². The second kappa shape index (κ2) is 25.4. The first-order chi connectivity index (χ1) is 1.00. The van der Waals surface area contributed by atoms with E-state index < -0.39 is 0 Å². The molecule has 0 fully saturated rings. The molecule has 0 saturated heterocycles. The van der Waals surface area contributed by atoms with Gasteiger partial charge in [0.15, 0.2) is 0 Å². The number of rotatable bonds is 0. The zero-order valence-electron chi connectivity index (χ0n) is 2.71. The third kappa shape index (κ3) is 9.88. The van der Waals surface area contributed by atoms with Gasteiger partial charge < -0.3 is 0 Å². The van der Waals surface area contributed by atoms with Gasteiger partial charge in [0.2, 0.25) is 0 Å². The Balaban J connectivity index is -0.00000000500. The van der Waals surface area contributed by atoms with Gasteiger partial charge in [-0.1, -0.05) is 6.55 Å². The molecule has 0 unspecified atom stereocenters. The standard InChI is InChI=1S/CH6Si.Li.Zn.H/c1-2;;;/h1-2H3;;;. The van der Waals surface area contributed by atoms with E-state index in [0.717, 1.165) is 0 Å². The van der Waals surface area contributed by atoms with Gasteiger partial charge in [0.05, 0.1) is 0 Å². The molecule has 0 atom stereocenters. The summed E-state index contributed by atoms with van der Waals surface area (Å²) in [6.07, 6.45) is 0. The minimum Gasteiger partial charge on any atom is 0 e. The van der Waals surface area contributed by atoms with Gasteiger partial charge in [-0.25, -0.2) is 0 Å². The van der Waals surface area contributed by atoms with Crippen LogP contribution in [0.5, 0.6) is 0 Å². The van der Waals surface area contributed by atoms with Crippen molar-refractivity contribution >= 4 is 29.1 Å².